The average molecular weight is 434 g/mol. The number of aromatic nitrogens is 1. The monoisotopic (exact) mass is 433 g/mol. The lowest BCUT2D eigenvalue weighted by Crippen LogP contribution is -2.51. The molecule has 2 heterocycles. The van der Waals surface area contributed by atoms with Gasteiger partial charge in [0.25, 0.3) is 5.91 Å². The lowest BCUT2D eigenvalue weighted by Gasteiger charge is -2.40. The van der Waals surface area contributed by atoms with E-state index in [-0.39, 0.29) is 17.8 Å². The van der Waals surface area contributed by atoms with Crippen molar-refractivity contribution in [1.82, 2.24) is 15.2 Å². The maximum atomic E-state index is 13.8. The molecule has 1 aromatic carbocycles. The summed E-state index contributed by atoms with van der Waals surface area (Å²) in [6, 6.07) is 8.73. The molecule has 0 spiro atoms. The summed E-state index contributed by atoms with van der Waals surface area (Å²) in [4.78, 5) is 46.2. The van der Waals surface area contributed by atoms with Gasteiger partial charge < -0.3 is 15.0 Å². The first-order valence-electron chi connectivity index (χ1n) is 11.0. The number of amides is 2. The molecule has 1 N–H and O–H groups in total. The zero-order valence-corrected chi connectivity index (χ0v) is 18.4. The van der Waals surface area contributed by atoms with Gasteiger partial charge in [-0.25, -0.2) is 4.98 Å². The van der Waals surface area contributed by atoms with Crippen molar-refractivity contribution in [1.29, 1.82) is 0 Å². The van der Waals surface area contributed by atoms with Crippen molar-refractivity contribution >= 4 is 28.7 Å². The number of hydrogen-bond acceptors (Lipinski definition) is 5. The van der Waals surface area contributed by atoms with Crippen molar-refractivity contribution in [2.45, 2.75) is 50.6 Å². The van der Waals surface area contributed by atoms with Crippen LogP contribution in [0.4, 0.5) is 0 Å². The Balaban J connectivity index is 1.60. The minimum Gasteiger partial charge on any atom is -0.469 e. The van der Waals surface area contributed by atoms with E-state index >= 15 is 0 Å². The number of nitrogens with zero attached hydrogens (tertiary/aromatic N) is 2. The summed E-state index contributed by atoms with van der Waals surface area (Å²) in [5, 5.41) is 3.82. The van der Waals surface area contributed by atoms with Crippen LogP contribution in [0.2, 0.25) is 0 Å². The first-order chi connectivity index (χ1) is 15.3. The van der Waals surface area contributed by atoms with E-state index in [2.05, 4.69) is 16.9 Å². The highest BCUT2D eigenvalue weighted by atomic mass is 16.5. The van der Waals surface area contributed by atoms with Crippen LogP contribution >= 0.6 is 0 Å². The largest absolute Gasteiger partial charge is 0.469 e. The second kappa shape index (κ2) is 7.15. The molecule has 1 aromatic heterocycles. The van der Waals surface area contributed by atoms with E-state index in [1.807, 2.05) is 37.3 Å². The van der Waals surface area contributed by atoms with Crippen LogP contribution in [0.1, 0.15) is 61.1 Å². The highest BCUT2D eigenvalue weighted by Gasteiger charge is 2.65. The highest BCUT2D eigenvalue weighted by Crippen LogP contribution is 2.62. The molecule has 2 saturated carbocycles. The van der Waals surface area contributed by atoms with Crippen LogP contribution < -0.4 is 5.32 Å². The smallest absolute Gasteiger partial charge is 0.311 e. The summed E-state index contributed by atoms with van der Waals surface area (Å²) in [5.41, 5.74) is 1.39. The molecule has 3 aliphatic rings. The minimum atomic E-state index is -0.777. The topological polar surface area (TPSA) is 88.6 Å². The molecule has 2 aromatic rings. The van der Waals surface area contributed by atoms with E-state index in [0.717, 1.165) is 16.5 Å². The number of para-hydroxylation sites is 1. The number of fused-ring (bicyclic) bond motifs is 4. The number of carbonyl (C=O) groups is 3. The second-order valence-corrected chi connectivity index (χ2v) is 9.54. The number of pyridine rings is 1. The van der Waals surface area contributed by atoms with Crippen molar-refractivity contribution in [3.8, 4) is 0 Å². The van der Waals surface area contributed by atoms with Crippen molar-refractivity contribution in [2.24, 2.45) is 5.41 Å². The van der Waals surface area contributed by atoms with E-state index in [0.29, 0.717) is 49.9 Å². The van der Waals surface area contributed by atoms with Gasteiger partial charge in [0.1, 0.15) is 11.7 Å². The fourth-order valence-corrected chi connectivity index (χ4v) is 5.96. The Morgan fingerprint density at radius 3 is 2.66 bits per heavy atom. The van der Waals surface area contributed by atoms with Gasteiger partial charge in [-0.3, -0.25) is 14.4 Å². The van der Waals surface area contributed by atoms with Gasteiger partial charge in [0.05, 0.1) is 18.0 Å². The van der Waals surface area contributed by atoms with Gasteiger partial charge in [-0.05, 0) is 51.2 Å². The quantitative estimate of drug-likeness (QED) is 0.577. The fraction of sp³-hybridized carbons (Fsp3) is 0.440. The normalized spacial score (nSPS) is 28.1. The van der Waals surface area contributed by atoms with Gasteiger partial charge in [-0.15, -0.1) is 0 Å². The lowest BCUT2D eigenvalue weighted by atomic mass is 9.84. The average Bonchev–Trinajstić information content (AvgIpc) is 3.45. The van der Waals surface area contributed by atoms with Crippen LogP contribution in [0.25, 0.3) is 10.9 Å². The Bertz CT molecular complexity index is 1160. The molecule has 7 nitrogen and oxygen atoms in total. The predicted molar refractivity (Wildman–Crippen MR) is 119 cm³/mol. The van der Waals surface area contributed by atoms with Gasteiger partial charge in [0.2, 0.25) is 5.91 Å². The van der Waals surface area contributed by atoms with Crippen LogP contribution in [-0.4, -0.2) is 46.9 Å². The molecule has 166 valence electrons. The summed E-state index contributed by atoms with van der Waals surface area (Å²) in [7, 11) is 1.41. The molecule has 0 radical (unpaired) electrons. The molecule has 2 bridgehead atoms. The fourth-order valence-electron chi connectivity index (χ4n) is 5.96. The number of esters is 1. The lowest BCUT2D eigenvalue weighted by molar-refractivity contribution is -0.152. The molecule has 2 aliphatic carbocycles. The summed E-state index contributed by atoms with van der Waals surface area (Å²) >= 11 is 0. The van der Waals surface area contributed by atoms with E-state index < -0.39 is 17.0 Å². The van der Waals surface area contributed by atoms with Crippen molar-refractivity contribution < 1.29 is 19.1 Å². The van der Waals surface area contributed by atoms with Gasteiger partial charge in [-0.2, -0.15) is 0 Å². The zero-order chi connectivity index (χ0) is 22.7. The molecule has 32 heavy (non-hydrogen) atoms. The SMILES string of the molecule is C=C(C)CNC(=O)C1c2cc3ccccc3nc2C(=O)N1C12CCC(C(=O)OC)(CC1)C2. The molecular weight excluding hydrogens is 406 g/mol. The first kappa shape index (κ1) is 20.7. The van der Waals surface area contributed by atoms with E-state index in [1.165, 1.54) is 7.11 Å². The van der Waals surface area contributed by atoms with Gasteiger partial charge in [-0.1, -0.05) is 30.4 Å². The Kier molecular flexibility index (Phi) is 4.62. The summed E-state index contributed by atoms with van der Waals surface area (Å²) in [6.45, 7) is 6.05. The summed E-state index contributed by atoms with van der Waals surface area (Å²) in [6.07, 6.45) is 3.19. The first-order valence-corrected chi connectivity index (χ1v) is 11.0. The van der Waals surface area contributed by atoms with Gasteiger partial charge in [0.15, 0.2) is 0 Å². The van der Waals surface area contributed by atoms with Crippen LogP contribution in [0.15, 0.2) is 42.5 Å². The number of rotatable bonds is 5. The van der Waals surface area contributed by atoms with Gasteiger partial charge >= 0.3 is 5.97 Å². The minimum absolute atomic E-state index is 0.215. The summed E-state index contributed by atoms with van der Waals surface area (Å²) < 4.78 is 5.10. The molecule has 1 atom stereocenters. The van der Waals surface area contributed by atoms with Crippen LogP contribution in [0.5, 0.6) is 0 Å². The van der Waals surface area contributed by atoms with Crippen LogP contribution in [0, 0.1) is 5.41 Å². The standard InChI is InChI=1S/C25H27N3O4/c1-15(2)13-26-21(29)20-17-12-16-6-4-5-7-18(16)27-19(17)22(30)28(20)25-10-8-24(14-25,9-11-25)23(31)32-3/h4-7,12,20H,1,8-11,13-14H2,2-3H3,(H,26,29). The molecule has 1 unspecified atom stereocenters. The second-order valence-electron chi connectivity index (χ2n) is 9.54. The zero-order valence-electron chi connectivity index (χ0n) is 18.4. The molecular formula is C25H27N3O4. The molecule has 2 amide bonds. The molecule has 7 heteroatoms. The predicted octanol–water partition coefficient (Wildman–Crippen LogP) is 3.30. The van der Waals surface area contributed by atoms with E-state index in [1.54, 1.807) is 4.90 Å². The number of carbonyl (C=O) groups excluding carboxylic acids is 3. The van der Waals surface area contributed by atoms with Crippen molar-refractivity contribution in [2.75, 3.05) is 13.7 Å². The van der Waals surface area contributed by atoms with E-state index in [4.69, 9.17) is 4.74 Å². The third kappa shape index (κ3) is 2.87. The Labute approximate surface area is 186 Å². The van der Waals surface area contributed by atoms with Gasteiger partial charge in [0, 0.05) is 23.0 Å². The maximum absolute atomic E-state index is 13.8. The Hall–Kier alpha value is -3.22. The third-order valence-electron chi connectivity index (χ3n) is 7.48. The number of nitrogens with one attached hydrogen (secondary N) is 1. The number of ether oxygens (including phenoxy) is 1. The summed E-state index contributed by atoms with van der Waals surface area (Å²) in [5.74, 6) is -0.689. The Morgan fingerprint density at radius 2 is 1.97 bits per heavy atom. The number of benzene rings is 1. The Morgan fingerprint density at radius 1 is 1.25 bits per heavy atom. The van der Waals surface area contributed by atoms with E-state index in [9.17, 15) is 14.4 Å². The van der Waals surface area contributed by atoms with Crippen LogP contribution in [-0.2, 0) is 14.3 Å². The third-order valence-corrected chi connectivity index (χ3v) is 7.48. The molecule has 2 fully saturated rings. The number of hydrogen-bond donors (Lipinski definition) is 1. The van der Waals surface area contributed by atoms with Crippen molar-refractivity contribution in [3.05, 3.63) is 53.7 Å². The molecule has 0 saturated heterocycles. The maximum Gasteiger partial charge on any atom is 0.311 e. The molecule has 5 rings (SSSR count). The van der Waals surface area contributed by atoms with Crippen molar-refractivity contribution in [3.63, 3.8) is 0 Å². The number of methoxy groups -OCH3 is 1. The molecule has 1 aliphatic heterocycles. The van der Waals surface area contributed by atoms with Crippen LogP contribution in [0.3, 0.4) is 0 Å². The highest BCUT2D eigenvalue weighted by molar-refractivity contribution is 6.06.